The van der Waals surface area contributed by atoms with Crippen LogP contribution in [0.1, 0.15) is 0 Å². The molecular weight excluding hydrogens is 235 g/mol. The van der Waals surface area contributed by atoms with E-state index in [4.69, 9.17) is 5.73 Å². The maximum atomic E-state index is 13.1. The highest BCUT2D eigenvalue weighted by atomic mass is 32.2. The van der Waals surface area contributed by atoms with Gasteiger partial charge >= 0.3 is 6.03 Å². The zero-order chi connectivity index (χ0) is 12.1. The predicted molar refractivity (Wildman–Crippen MR) is 55.4 cm³/mol. The van der Waals surface area contributed by atoms with E-state index >= 15 is 0 Å². The molecule has 0 aliphatic heterocycles. The van der Waals surface area contributed by atoms with Crippen LogP contribution < -0.4 is 11.1 Å². The minimum atomic E-state index is -1.84. The van der Waals surface area contributed by atoms with Crippen LogP contribution in [0.4, 0.5) is 9.18 Å². The van der Waals surface area contributed by atoms with E-state index in [2.05, 4.69) is 0 Å². The number of imide groups is 1. The van der Waals surface area contributed by atoms with Gasteiger partial charge in [-0.3, -0.25) is 14.3 Å². The van der Waals surface area contributed by atoms with Gasteiger partial charge in [0.1, 0.15) is 11.6 Å². The van der Waals surface area contributed by atoms with Crippen molar-refractivity contribution in [3.8, 4) is 0 Å². The van der Waals surface area contributed by atoms with Crippen molar-refractivity contribution in [2.24, 2.45) is 5.73 Å². The molecule has 0 radical (unpaired) electrons. The molecule has 3 amide bonds. The zero-order valence-corrected chi connectivity index (χ0v) is 8.92. The van der Waals surface area contributed by atoms with Crippen molar-refractivity contribution in [3.63, 3.8) is 0 Å². The highest BCUT2D eigenvalue weighted by Crippen LogP contribution is 2.11. The van der Waals surface area contributed by atoms with E-state index < -0.39 is 34.3 Å². The topological polar surface area (TPSA) is 89.3 Å². The van der Waals surface area contributed by atoms with Gasteiger partial charge < -0.3 is 5.73 Å². The molecule has 3 N–H and O–H groups in total. The average Bonchev–Trinajstić information content (AvgIpc) is 2.16. The van der Waals surface area contributed by atoms with E-state index in [0.717, 1.165) is 6.07 Å². The van der Waals surface area contributed by atoms with Crippen LogP contribution in [0.15, 0.2) is 29.2 Å². The number of nitrogens with one attached hydrogen (secondary N) is 1. The van der Waals surface area contributed by atoms with Crippen molar-refractivity contribution >= 4 is 22.7 Å². The molecule has 1 aromatic carbocycles. The standard InChI is InChI=1S/C9H9FN2O3S/c10-6-3-1-2-4-7(6)16(15)5-8(13)12-9(11)14/h1-4H,5H2,(H3,11,12,13,14). The van der Waals surface area contributed by atoms with Gasteiger partial charge in [-0.1, -0.05) is 12.1 Å². The molecule has 86 valence electrons. The third-order valence-corrected chi connectivity index (χ3v) is 2.95. The van der Waals surface area contributed by atoms with Gasteiger partial charge in [-0.25, -0.2) is 9.18 Å². The van der Waals surface area contributed by atoms with Gasteiger partial charge in [-0.2, -0.15) is 0 Å². The Kier molecular flexibility index (Phi) is 4.12. The number of carbonyl (C=O) groups excluding carboxylic acids is 2. The van der Waals surface area contributed by atoms with Crippen LogP contribution in [0.3, 0.4) is 0 Å². The number of urea groups is 1. The number of benzene rings is 1. The highest BCUT2D eigenvalue weighted by Gasteiger charge is 2.14. The lowest BCUT2D eigenvalue weighted by Crippen LogP contribution is -2.37. The van der Waals surface area contributed by atoms with Crippen molar-refractivity contribution in [3.05, 3.63) is 30.1 Å². The number of halogens is 1. The van der Waals surface area contributed by atoms with Gasteiger partial charge in [0.2, 0.25) is 5.91 Å². The van der Waals surface area contributed by atoms with Gasteiger partial charge in [0.25, 0.3) is 0 Å². The number of hydrogen-bond acceptors (Lipinski definition) is 3. The lowest BCUT2D eigenvalue weighted by molar-refractivity contribution is -0.117. The van der Waals surface area contributed by atoms with Crippen LogP contribution in [0, 0.1) is 5.82 Å². The molecule has 1 atom stereocenters. The average molecular weight is 244 g/mol. The summed E-state index contributed by atoms with van der Waals surface area (Å²) in [5, 5.41) is 1.75. The Morgan fingerprint density at radius 2 is 2.00 bits per heavy atom. The van der Waals surface area contributed by atoms with Crippen molar-refractivity contribution in [2.45, 2.75) is 4.90 Å². The Labute approximate surface area is 93.3 Å². The summed E-state index contributed by atoms with van der Waals surface area (Å²) in [4.78, 5) is 21.3. The predicted octanol–water partition coefficient (Wildman–Crippen LogP) is 0.128. The molecule has 7 heteroatoms. The van der Waals surface area contributed by atoms with Crippen LogP contribution in [0.5, 0.6) is 0 Å². The van der Waals surface area contributed by atoms with E-state index in [0.29, 0.717) is 0 Å². The molecule has 0 aromatic heterocycles. The minimum Gasteiger partial charge on any atom is -0.351 e. The molecule has 0 aliphatic rings. The first kappa shape index (κ1) is 12.3. The van der Waals surface area contributed by atoms with Gasteiger partial charge in [-0.15, -0.1) is 0 Å². The largest absolute Gasteiger partial charge is 0.351 e. The summed E-state index contributed by atoms with van der Waals surface area (Å²) in [6.07, 6.45) is 0. The summed E-state index contributed by atoms with van der Waals surface area (Å²) in [6, 6.07) is 4.36. The Balaban J connectivity index is 2.70. The van der Waals surface area contributed by atoms with E-state index in [1.54, 1.807) is 5.32 Å². The second-order valence-electron chi connectivity index (χ2n) is 2.83. The smallest absolute Gasteiger partial charge is 0.318 e. The first-order valence-electron chi connectivity index (χ1n) is 4.23. The SMILES string of the molecule is NC(=O)NC(=O)CS(=O)c1ccccc1F. The number of primary amides is 1. The fourth-order valence-electron chi connectivity index (χ4n) is 1.000. The maximum Gasteiger partial charge on any atom is 0.318 e. The van der Waals surface area contributed by atoms with Crippen LogP contribution in [-0.2, 0) is 15.6 Å². The summed E-state index contributed by atoms with van der Waals surface area (Å²) >= 11 is 0. The first-order chi connectivity index (χ1) is 7.50. The Hall–Kier alpha value is -1.76. The van der Waals surface area contributed by atoms with Crippen molar-refractivity contribution in [2.75, 3.05) is 5.75 Å². The molecule has 1 rings (SSSR count). The lowest BCUT2D eigenvalue weighted by Gasteiger charge is -2.02. The number of rotatable bonds is 3. The molecule has 0 fully saturated rings. The lowest BCUT2D eigenvalue weighted by atomic mass is 10.3. The second kappa shape index (κ2) is 5.36. The van der Waals surface area contributed by atoms with E-state index in [-0.39, 0.29) is 4.90 Å². The Morgan fingerprint density at radius 3 is 2.56 bits per heavy atom. The van der Waals surface area contributed by atoms with Crippen LogP contribution in [0.25, 0.3) is 0 Å². The summed E-state index contributed by atoms with van der Waals surface area (Å²) in [7, 11) is -1.84. The molecule has 1 unspecified atom stereocenters. The van der Waals surface area contributed by atoms with Crippen molar-refractivity contribution in [1.29, 1.82) is 0 Å². The highest BCUT2D eigenvalue weighted by molar-refractivity contribution is 7.85. The van der Waals surface area contributed by atoms with Gasteiger partial charge in [0, 0.05) is 0 Å². The molecule has 0 bridgehead atoms. The van der Waals surface area contributed by atoms with Crippen molar-refractivity contribution in [1.82, 2.24) is 5.32 Å². The molecule has 0 aliphatic carbocycles. The quantitative estimate of drug-likeness (QED) is 0.791. The summed E-state index contributed by atoms with van der Waals surface area (Å²) < 4.78 is 24.7. The molecule has 0 saturated carbocycles. The zero-order valence-electron chi connectivity index (χ0n) is 8.10. The van der Waals surface area contributed by atoms with Crippen LogP contribution in [0.2, 0.25) is 0 Å². The monoisotopic (exact) mass is 244 g/mol. The Morgan fingerprint density at radius 1 is 1.38 bits per heavy atom. The van der Waals surface area contributed by atoms with E-state index in [1.165, 1.54) is 18.2 Å². The summed E-state index contributed by atoms with van der Waals surface area (Å²) in [6.45, 7) is 0. The molecular formula is C9H9FN2O3S. The number of nitrogens with two attached hydrogens (primary N) is 1. The van der Waals surface area contributed by atoms with Crippen LogP contribution in [-0.4, -0.2) is 21.9 Å². The second-order valence-corrected chi connectivity index (χ2v) is 4.25. The van der Waals surface area contributed by atoms with Gasteiger partial charge in [-0.05, 0) is 12.1 Å². The molecule has 0 saturated heterocycles. The van der Waals surface area contributed by atoms with E-state index in [9.17, 15) is 18.2 Å². The van der Waals surface area contributed by atoms with E-state index in [1.807, 2.05) is 0 Å². The van der Waals surface area contributed by atoms with Crippen LogP contribution >= 0.6 is 0 Å². The molecule has 0 heterocycles. The number of hydrogen-bond donors (Lipinski definition) is 2. The number of amides is 3. The maximum absolute atomic E-state index is 13.1. The summed E-state index contributed by atoms with van der Waals surface area (Å²) in [5.41, 5.74) is 4.69. The third-order valence-electron chi connectivity index (χ3n) is 1.61. The fraction of sp³-hybridized carbons (Fsp3) is 0.111. The molecule has 5 nitrogen and oxygen atoms in total. The van der Waals surface area contributed by atoms with Crippen molar-refractivity contribution < 1.29 is 18.2 Å². The molecule has 0 spiro atoms. The third kappa shape index (κ3) is 3.43. The first-order valence-corrected chi connectivity index (χ1v) is 5.55. The molecule has 1 aromatic rings. The molecule has 16 heavy (non-hydrogen) atoms. The Bertz CT molecular complexity index is 450. The van der Waals surface area contributed by atoms with Gasteiger partial charge in [0.15, 0.2) is 0 Å². The van der Waals surface area contributed by atoms with Gasteiger partial charge in [0.05, 0.1) is 15.7 Å². The normalized spacial score (nSPS) is 11.8. The summed E-state index contributed by atoms with van der Waals surface area (Å²) in [5.74, 6) is -1.98. The minimum absolute atomic E-state index is 0.0814. The number of carbonyl (C=O) groups is 2. The fourth-order valence-corrected chi connectivity index (χ4v) is 1.98.